The first-order valence-corrected chi connectivity index (χ1v) is 4.49. The van der Waals surface area contributed by atoms with Crippen molar-refractivity contribution >= 4 is 11.4 Å². The molecule has 1 aromatic rings. The van der Waals surface area contributed by atoms with Gasteiger partial charge in [0.05, 0.1) is 5.69 Å². The van der Waals surface area contributed by atoms with E-state index in [1.54, 1.807) is 0 Å². The van der Waals surface area contributed by atoms with Crippen LogP contribution in [0.3, 0.4) is 0 Å². The smallest absolute Gasteiger partial charge is 0.172 e. The second-order valence-electron chi connectivity index (χ2n) is 3.68. The number of nitrogen functional groups attached to an aromatic ring is 1. The lowest BCUT2D eigenvalue weighted by Crippen LogP contribution is -2.26. The predicted octanol–water partition coefficient (Wildman–Crippen LogP) is 2.06. The highest BCUT2D eigenvalue weighted by atomic mass is 16.5. The molecule has 0 aliphatic carbocycles. The SMILES string of the molecule is CC(C)C1Nc2ccc(N)cc2O1. The summed E-state index contributed by atoms with van der Waals surface area (Å²) in [7, 11) is 0. The molecule has 13 heavy (non-hydrogen) atoms. The summed E-state index contributed by atoms with van der Waals surface area (Å²) in [6.45, 7) is 4.24. The van der Waals surface area contributed by atoms with Crippen LogP contribution in [-0.4, -0.2) is 6.23 Å². The minimum absolute atomic E-state index is 0.0804. The number of ether oxygens (including phenoxy) is 1. The van der Waals surface area contributed by atoms with E-state index in [-0.39, 0.29) is 6.23 Å². The quantitative estimate of drug-likeness (QED) is 0.647. The molecule has 0 amide bonds. The van der Waals surface area contributed by atoms with E-state index in [1.165, 1.54) is 0 Å². The first kappa shape index (κ1) is 8.23. The van der Waals surface area contributed by atoms with Crippen molar-refractivity contribution in [3.8, 4) is 5.75 Å². The molecule has 0 fully saturated rings. The standard InChI is InChI=1S/C10H14N2O/c1-6(2)10-12-8-4-3-7(11)5-9(8)13-10/h3-6,10,12H,11H2,1-2H3. The number of hydrogen-bond acceptors (Lipinski definition) is 3. The Labute approximate surface area is 77.9 Å². The van der Waals surface area contributed by atoms with Gasteiger partial charge in [-0.3, -0.25) is 0 Å². The van der Waals surface area contributed by atoms with Crippen LogP contribution >= 0.6 is 0 Å². The first-order chi connectivity index (χ1) is 6.16. The molecule has 0 saturated heterocycles. The van der Waals surface area contributed by atoms with E-state index in [2.05, 4.69) is 19.2 Å². The van der Waals surface area contributed by atoms with Gasteiger partial charge in [-0.2, -0.15) is 0 Å². The fraction of sp³-hybridized carbons (Fsp3) is 0.400. The van der Waals surface area contributed by atoms with Crippen molar-refractivity contribution in [2.75, 3.05) is 11.1 Å². The molecule has 0 spiro atoms. The van der Waals surface area contributed by atoms with Crippen LogP contribution in [-0.2, 0) is 0 Å². The molecule has 1 heterocycles. The average Bonchev–Trinajstić information content (AvgIpc) is 2.46. The van der Waals surface area contributed by atoms with Gasteiger partial charge >= 0.3 is 0 Å². The molecule has 1 aromatic carbocycles. The lowest BCUT2D eigenvalue weighted by atomic mass is 10.2. The minimum atomic E-state index is 0.0804. The Balaban J connectivity index is 2.25. The fourth-order valence-corrected chi connectivity index (χ4v) is 1.38. The van der Waals surface area contributed by atoms with E-state index in [0.29, 0.717) is 5.92 Å². The lowest BCUT2D eigenvalue weighted by Gasteiger charge is -2.14. The van der Waals surface area contributed by atoms with Crippen molar-refractivity contribution in [3.05, 3.63) is 18.2 Å². The van der Waals surface area contributed by atoms with E-state index in [9.17, 15) is 0 Å². The van der Waals surface area contributed by atoms with Gasteiger partial charge in [0.15, 0.2) is 6.23 Å². The monoisotopic (exact) mass is 178 g/mol. The van der Waals surface area contributed by atoms with Gasteiger partial charge in [-0.05, 0) is 12.1 Å². The van der Waals surface area contributed by atoms with Crippen molar-refractivity contribution in [2.45, 2.75) is 20.1 Å². The zero-order chi connectivity index (χ0) is 9.42. The van der Waals surface area contributed by atoms with Crippen LogP contribution in [0, 0.1) is 5.92 Å². The maximum atomic E-state index is 5.66. The molecule has 0 saturated carbocycles. The fourth-order valence-electron chi connectivity index (χ4n) is 1.38. The summed E-state index contributed by atoms with van der Waals surface area (Å²) in [4.78, 5) is 0. The number of hydrogen-bond donors (Lipinski definition) is 2. The van der Waals surface area contributed by atoms with Gasteiger partial charge < -0.3 is 15.8 Å². The second kappa shape index (κ2) is 2.83. The Hall–Kier alpha value is -1.38. The third kappa shape index (κ3) is 1.41. The third-order valence-electron chi connectivity index (χ3n) is 2.16. The molecule has 0 aromatic heterocycles. The normalized spacial score (nSPS) is 19.5. The zero-order valence-corrected chi connectivity index (χ0v) is 7.87. The van der Waals surface area contributed by atoms with Crippen molar-refractivity contribution < 1.29 is 4.74 Å². The number of nitrogens with one attached hydrogen (secondary N) is 1. The summed E-state index contributed by atoms with van der Waals surface area (Å²) in [5.74, 6) is 1.31. The van der Waals surface area contributed by atoms with Gasteiger partial charge in [-0.15, -0.1) is 0 Å². The van der Waals surface area contributed by atoms with Crippen molar-refractivity contribution in [3.63, 3.8) is 0 Å². The summed E-state index contributed by atoms with van der Waals surface area (Å²) in [6, 6.07) is 5.68. The molecule has 2 rings (SSSR count). The van der Waals surface area contributed by atoms with Crippen molar-refractivity contribution in [2.24, 2.45) is 5.92 Å². The minimum Gasteiger partial charge on any atom is -0.468 e. The molecular weight excluding hydrogens is 164 g/mol. The van der Waals surface area contributed by atoms with Gasteiger partial charge in [-0.1, -0.05) is 13.8 Å². The van der Waals surface area contributed by atoms with Crippen LogP contribution in [0.15, 0.2) is 18.2 Å². The molecule has 1 aliphatic heterocycles. The van der Waals surface area contributed by atoms with Crippen molar-refractivity contribution in [1.82, 2.24) is 0 Å². The molecule has 0 bridgehead atoms. The summed E-state index contributed by atoms with van der Waals surface area (Å²) in [6.07, 6.45) is 0.0804. The van der Waals surface area contributed by atoms with Crippen LogP contribution in [0.4, 0.5) is 11.4 Å². The van der Waals surface area contributed by atoms with Gasteiger partial charge in [0.25, 0.3) is 0 Å². The van der Waals surface area contributed by atoms with Crippen LogP contribution in [0.5, 0.6) is 5.75 Å². The molecule has 70 valence electrons. The molecule has 3 heteroatoms. The van der Waals surface area contributed by atoms with Crippen molar-refractivity contribution in [1.29, 1.82) is 0 Å². The number of nitrogens with two attached hydrogens (primary N) is 1. The molecule has 1 aliphatic rings. The Bertz CT molecular complexity index is 323. The number of anilines is 2. The third-order valence-corrected chi connectivity index (χ3v) is 2.16. The highest BCUT2D eigenvalue weighted by Crippen LogP contribution is 2.35. The highest BCUT2D eigenvalue weighted by molar-refractivity contribution is 5.65. The summed E-state index contributed by atoms with van der Waals surface area (Å²) < 4.78 is 5.66. The molecule has 1 atom stereocenters. The van der Waals surface area contributed by atoms with E-state index in [1.807, 2.05) is 18.2 Å². The van der Waals surface area contributed by atoms with Crippen LogP contribution < -0.4 is 15.8 Å². The van der Waals surface area contributed by atoms with Crippen LogP contribution in [0.25, 0.3) is 0 Å². The van der Waals surface area contributed by atoms with Gasteiger partial charge in [0.1, 0.15) is 5.75 Å². The Kier molecular flexibility index (Phi) is 1.79. The summed E-state index contributed by atoms with van der Waals surface area (Å²) in [5, 5.41) is 3.28. The van der Waals surface area contributed by atoms with Gasteiger partial charge in [-0.25, -0.2) is 0 Å². The average molecular weight is 178 g/mol. The number of fused-ring (bicyclic) bond motifs is 1. The highest BCUT2D eigenvalue weighted by Gasteiger charge is 2.23. The molecule has 3 N–H and O–H groups in total. The zero-order valence-electron chi connectivity index (χ0n) is 7.87. The van der Waals surface area contributed by atoms with E-state index in [0.717, 1.165) is 17.1 Å². The maximum Gasteiger partial charge on any atom is 0.172 e. The van der Waals surface area contributed by atoms with E-state index >= 15 is 0 Å². The summed E-state index contributed by atoms with van der Waals surface area (Å²) >= 11 is 0. The van der Waals surface area contributed by atoms with Gasteiger partial charge in [0.2, 0.25) is 0 Å². The largest absolute Gasteiger partial charge is 0.468 e. The predicted molar refractivity (Wildman–Crippen MR) is 53.7 cm³/mol. The Morgan fingerprint density at radius 2 is 2.23 bits per heavy atom. The molecule has 3 nitrogen and oxygen atoms in total. The molecule has 1 unspecified atom stereocenters. The maximum absolute atomic E-state index is 5.66. The second-order valence-corrected chi connectivity index (χ2v) is 3.68. The van der Waals surface area contributed by atoms with Crippen LogP contribution in [0.2, 0.25) is 0 Å². The summed E-state index contributed by atoms with van der Waals surface area (Å²) in [5.41, 5.74) is 7.42. The van der Waals surface area contributed by atoms with E-state index < -0.39 is 0 Å². The topological polar surface area (TPSA) is 47.3 Å². The number of rotatable bonds is 1. The number of benzene rings is 1. The van der Waals surface area contributed by atoms with Crippen LogP contribution in [0.1, 0.15) is 13.8 Å². The Morgan fingerprint density at radius 1 is 1.46 bits per heavy atom. The molecule has 0 radical (unpaired) electrons. The Morgan fingerprint density at radius 3 is 2.92 bits per heavy atom. The lowest BCUT2D eigenvalue weighted by molar-refractivity contribution is 0.199. The van der Waals surface area contributed by atoms with Gasteiger partial charge in [0, 0.05) is 17.7 Å². The first-order valence-electron chi connectivity index (χ1n) is 4.49. The van der Waals surface area contributed by atoms with E-state index in [4.69, 9.17) is 10.5 Å². The molecular formula is C10H14N2O.